The zero-order valence-corrected chi connectivity index (χ0v) is 23.9. The topological polar surface area (TPSA) is 137 Å². The number of carbonyl (C=O) groups is 1. The Morgan fingerprint density at radius 1 is 1.28 bits per heavy atom. The molecule has 4 heterocycles. The summed E-state index contributed by atoms with van der Waals surface area (Å²) < 4.78 is 43.0. The van der Waals surface area contributed by atoms with Crippen molar-refractivity contribution in [3.05, 3.63) is 35.7 Å². The molecule has 0 aliphatic carbocycles. The van der Waals surface area contributed by atoms with E-state index < -0.39 is 21.2 Å². The van der Waals surface area contributed by atoms with Gasteiger partial charge in [-0.25, -0.2) is 13.4 Å². The first-order valence-electron chi connectivity index (χ1n) is 13.1. The first-order chi connectivity index (χ1) is 18.7. The number of esters is 1. The van der Waals surface area contributed by atoms with Crippen LogP contribution in [0.2, 0.25) is 0 Å². The maximum atomic E-state index is 12.8. The van der Waals surface area contributed by atoms with Gasteiger partial charge in [0.25, 0.3) is 5.19 Å². The number of ether oxygens (including phenoxy) is 2. The van der Waals surface area contributed by atoms with E-state index in [-0.39, 0.29) is 24.3 Å². The van der Waals surface area contributed by atoms with Crippen LogP contribution in [0, 0.1) is 0 Å². The van der Waals surface area contributed by atoms with Gasteiger partial charge < -0.3 is 14.0 Å². The lowest BCUT2D eigenvalue weighted by Gasteiger charge is -2.33. The quantitative estimate of drug-likeness (QED) is 0.372. The largest absolute Gasteiger partial charge is 0.469 e. The Morgan fingerprint density at radius 3 is 2.90 bits per heavy atom. The number of piperidine rings is 1. The lowest BCUT2D eigenvalue weighted by atomic mass is 10.0. The third-order valence-electron chi connectivity index (χ3n) is 6.91. The molecular weight excluding hydrogens is 542 g/mol. The van der Waals surface area contributed by atoms with Crippen LogP contribution in [0.1, 0.15) is 63.3 Å². The molecule has 39 heavy (non-hydrogen) atoms. The summed E-state index contributed by atoms with van der Waals surface area (Å²) in [4.78, 5) is 22.7. The van der Waals surface area contributed by atoms with Gasteiger partial charge in [0.2, 0.25) is 0 Å². The Hall–Kier alpha value is -3.03. The number of nitrogens with one attached hydrogen (secondary N) is 1. The number of hydrogen-bond acceptors (Lipinski definition) is 12. The zero-order valence-electron chi connectivity index (χ0n) is 22.3. The van der Waals surface area contributed by atoms with Crippen LogP contribution in [0.4, 0.5) is 6.01 Å². The third-order valence-corrected chi connectivity index (χ3v) is 9.67. The van der Waals surface area contributed by atoms with E-state index in [1.165, 1.54) is 18.4 Å². The summed E-state index contributed by atoms with van der Waals surface area (Å²) in [6.07, 6.45) is 4.90. The molecule has 2 unspecified atom stereocenters. The Labute approximate surface area is 231 Å². The van der Waals surface area contributed by atoms with Crippen LogP contribution >= 0.6 is 11.3 Å². The van der Waals surface area contributed by atoms with Gasteiger partial charge in [-0.15, -0.1) is 0 Å². The van der Waals surface area contributed by atoms with Crippen molar-refractivity contribution >= 4 is 48.9 Å². The molecule has 0 radical (unpaired) electrons. The van der Waals surface area contributed by atoms with Gasteiger partial charge in [-0.3, -0.25) is 15.0 Å². The summed E-state index contributed by atoms with van der Waals surface area (Å²) in [6, 6.07) is 6.39. The summed E-state index contributed by atoms with van der Waals surface area (Å²) in [6.45, 7) is 5.34. The van der Waals surface area contributed by atoms with Gasteiger partial charge in [0, 0.05) is 25.4 Å². The fraction of sp³-hybridized carbons (Fsp3) is 0.538. The Morgan fingerprint density at radius 2 is 2.13 bits per heavy atom. The van der Waals surface area contributed by atoms with Crippen molar-refractivity contribution in [1.29, 1.82) is 0 Å². The number of anilines is 1. The van der Waals surface area contributed by atoms with Crippen LogP contribution in [0.3, 0.4) is 0 Å². The monoisotopic (exact) mass is 575 g/mol. The minimum atomic E-state index is -3.56. The number of fused-ring (bicyclic) bond motifs is 1. The van der Waals surface area contributed by atoms with Crippen molar-refractivity contribution in [2.45, 2.75) is 63.5 Å². The SMILES string of the molecule is COC(=O)CCS(=O)(=O)C1C=C(c2ccc3nc(OC4CCCCN4c4nc(C(C)C)no4)sc3c2)CCN1. The second kappa shape index (κ2) is 11.6. The van der Waals surface area contributed by atoms with Gasteiger partial charge in [-0.2, -0.15) is 4.98 Å². The standard InChI is InChI=1S/C26H33N5O6S2/c1-16(2)24-29-25(37-30-24)31-12-5-4-6-22(31)36-26-28-19-8-7-17(14-20(19)38-26)18-9-11-27-21(15-18)39(33,34)13-10-23(32)35-3/h7-8,14-16,21-22,27H,4-6,9-13H2,1-3H3. The molecule has 0 amide bonds. The van der Waals surface area contributed by atoms with E-state index >= 15 is 0 Å². The molecule has 5 rings (SSSR count). The highest BCUT2D eigenvalue weighted by molar-refractivity contribution is 7.92. The number of benzene rings is 1. The fourth-order valence-electron chi connectivity index (χ4n) is 4.69. The van der Waals surface area contributed by atoms with Crippen molar-refractivity contribution in [3.8, 4) is 5.19 Å². The predicted octanol–water partition coefficient (Wildman–Crippen LogP) is 3.88. The molecule has 11 nitrogen and oxygen atoms in total. The number of rotatable bonds is 9. The lowest BCUT2D eigenvalue weighted by molar-refractivity contribution is -0.140. The highest BCUT2D eigenvalue weighted by atomic mass is 32.2. The van der Waals surface area contributed by atoms with E-state index in [0.717, 1.165) is 47.2 Å². The van der Waals surface area contributed by atoms with E-state index in [1.54, 1.807) is 6.08 Å². The molecule has 1 N–H and O–H groups in total. The number of aromatic nitrogens is 3. The molecule has 2 aliphatic heterocycles. The van der Waals surface area contributed by atoms with Crippen molar-refractivity contribution in [3.63, 3.8) is 0 Å². The van der Waals surface area contributed by atoms with Crippen LogP contribution in [0.15, 0.2) is 28.8 Å². The molecule has 2 atom stereocenters. The molecule has 1 fully saturated rings. The third kappa shape index (κ3) is 6.25. The molecular formula is C26H33N5O6S2. The van der Waals surface area contributed by atoms with Crippen molar-refractivity contribution in [2.75, 3.05) is 30.9 Å². The molecule has 2 aliphatic rings. The Bertz CT molecular complexity index is 1460. The molecule has 1 aromatic carbocycles. The van der Waals surface area contributed by atoms with Gasteiger partial charge in [-0.05, 0) is 48.6 Å². The van der Waals surface area contributed by atoms with Crippen molar-refractivity contribution in [1.82, 2.24) is 20.4 Å². The van der Waals surface area contributed by atoms with Gasteiger partial charge in [0.1, 0.15) is 5.37 Å². The second-order valence-corrected chi connectivity index (χ2v) is 13.3. The van der Waals surface area contributed by atoms with E-state index in [1.807, 2.05) is 36.9 Å². The Kier molecular flexibility index (Phi) is 8.19. The lowest BCUT2D eigenvalue weighted by Crippen LogP contribution is -2.43. The maximum Gasteiger partial charge on any atom is 0.326 e. The van der Waals surface area contributed by atoms with E-state index in [0.29, 0.717) is 30.0 Å². The van der Waals surface area contributed by atoms with Crippen molar-refractivity contribution < 1.29 is 27.2 Å². The van der Waals surface area contributed by atoms with Gasteiger partial charge in [0.15, 0.2) is 21.9 Å². The average Bonchev–Trinajstić information content (AvgIpc) is 3.59. The first-order valence-corrected chi connectivity index (χ1v) is 15.7. The normalized spacial score (nSPS) is 20.3. The van der Waals surface area contributed by atoms with E-state index in [4.69, 9.17) is 9.26 Å². The predicted molar refractivity (Wildman–Crippen MR) is 148 cm³/mol. The van der Waals surface area contributed by atoms with Gasteiger partial charge >= 0.3 is 12.0 Å². The van der Waals surface area contributed by atoms with Crippen LogP contribution < -0.4 is 15.0 Å². The smallest absolute Gasteiger partial charge is 0.326 e. The molecule has 0 saturated carbocycles. The summed E-state index contributed by atoms with van der Waals surface area (Å²) >= 11 is 1.46. The number of methoxy groups -OCH3 is 1. The molecule has 13 heteroatoms. The minimum absolute atomic E-state index is 0.167. The van der Waals surface area contributed by atoms with Gasteiger partial charge in [0.05, 0.1) is 29.5 Å². The summed E-state index contributed by atoms with van der Waals surface area (Å²) in [5, 5.41) is 6.86. The van der Waals surface area contributed by atoms with Crippen LogP contribution in [-0.2, 0) is 19.4 Å². The fourth-order valence-corrected chi connectivity index (χ4v) is 7.03. The summed E-state index contributed by atoms with van der Waals surface area (Å²) in [5.74, 6) is 0.0416. The summed E-state index contributed by atoms with van der Waals surface area (Å²) in [7, 11) is -2.31. The van der Waals surface area contributed by atoms with E-state index in [2.05, 4.69) is 25.2 Å². The van der Waals surface area contributed by atoms with Crippen LogP contribution in [0.25, 0.3) is 15.8 Å². The number of carbonyl (C=O) groups excluding carboxylic acids is 1. The van der Waals surface area contributed by atoms with Crippen molar-refractivity contribution in [2.24, 2.45) is 0 Å². The summed E-state index contributed by atoms with van der Waals surface area (Å²) in [5.41, 5.74) is 2.70. The molecule has 0 spiro atoms. The average molecular weight is 576 g/mol. The highest BCUT2D eigenvalue weighted by Gasteiger charge is 2.30. The number of thiazole rings is 1. The molecule has 2 aromatic heterocycles. The maximum absolute atomic E-state index is 12.8. The first kappa shape index (κ1) is 27.5. The van der Waals surface area contributed by atoms with Gasteiger partial charge in [-0.1, -0.05) is 36.4 Å². The molecule has 1 saturated heterocycles. The number of hydrogen-bond donors (Lipinski definition) is 1. The zero-order chi connectivity index (χ0) is 27.6. The number of nitrogens with zero attached hydrogens (tertiary/aromatic N) is 4. The van der Waals surface area contributed by atoms with E-state index in [9.17, 15) is 13.2 Å². The highest BCUT2D eigenvalue weighted by Crippen LogP contribution is 2.34. The molecule has 210 valence electrons. The van der Waals surface area contributed by atoms with Crippen LogP contribution in [-0.4, -0.2) is 67.1 Å². The Balaban J connectivity index is 1.33. The molecule has 3 aromatic rings. The second-order valence-electron chi connectivity index (χ2n) is 10.0. The molecule has 0 bridgehead atoms. The minimum Gasteiger partial charge on any atom is -0.469 e. The number of sulfone groups is 1. The van der Waals surface area contributed by atoms with Crippen LogP contribution in [0.5, 0.6) is 5.19 Å².